The summed E-state index contributed by atoms with van der Waals surface area (Å²) in [5.41, 5.74) is 0. The average molecular weight is 186 g/mol. The largest absolute Gasteiger partial charge is 0.445 e. The van der Waals surface area contributed by atoms with Crippen LogP contribution in [0, 0.1) is 0 Å². The standard InChI is InChI=1S/C9H14O2S/c1-3-8(10)11-9(2)6-4-5-7-12-9/h3H,1,4-7H2,2H3. The van der Waals surface area contributed by atoms with E-state index < -0.39 is 0 Å². The van der Waals surface area contributed by atoms with E-state index in [1.807, 2.05) is 6.92 Å². The lowest BCUT2D eigenvalue weighted by Crippen LogP contribution is -2.30. The van der Waals surface area contributed by atoms with Crippen molar-refractivity contribution in [3.63, 3.8) is 0 Å². The predicted molar refractivity (Wildman–Crippen MR) is 51.0 cm³/mol. The van der Waals surface area contributed by atoms with E-state index in [1.54, 1.807) is 11.8 Å². The first kappa shape index (κ1) is 9.65. The van der Waals surface area contributed by atoms with Gasteiger partial charge in [0.1, 0.15) is 0 Å². The predicted octanol–water partition coefficient (Wildman–Crippen LogP) is 2.35. The third-order valence-corrected chi connectivity index (χ3v) is 3.31. The van der Waals surface area contributed by atoms with Gasteiger partial charge in [-0.15, -0.1) is 11.8 Å². The molecule has 0 N–H and O–H groups in total. The number of rotatable bonds is 2. The quantitative estimate of drug-likeness (QED) is 0.489. The van der Waals surface area contributed by atoms with Gasteiger partial charge < -0.3 is 4.74 Å². The summed E-state index contributed by atoms with van der Waals surface area (Å²) in [6, 6.07) is 0. The molecule has 68 valence electrons. The van der Waals surface area contributed by atoms with E-state index in [0.29, 0.717) is 0 Å². The number of esters is 1. The maximum Gasteiger partial charge on any atom is 0.331 e. The van der Waals surface area contributed by atoms with Gasteiger partial charge in [0.2, 0.25) is 0 Å². The first-order valence-corrected chi connectivity index (χ1v) is 5.14. The fourth-order valence-electron chi connectivity index (χ4n) is 1.24. The summed E-state index contributed by atoms with van der Waals surface area (Å²) >= 11 is 1.72. The zero-order valence-electron chi connectivity index (χ0n) is 7.34. The van der Waals surface area contributed by atoms with E-state index in [0.717, 1.165) is 18.6 Å². The molecule has 0 aromatic rings. The van der Waals surface area contributed by atoms with Crippen LogP contribution in [0.25, 0.3) is 0 Å². The second-order valence-corrected chi connectivity index (χ2v) is 4.63. The molecule has 0 spiro atoms. The van der Waals surface area contributed by atoms with Crippen molar-refractivity contribution in [1.82, 2.24) is 0 Å². The molecule has 1 fully saturated rings. The van der Waals surface area contributed by atoms with Crippen molar-refractivity contribution in [2.45, 2.75) is 31.1 Å². The van der Waals surface area contributed by atoms with Crippen LogP contribution in [-0.2, 0) is 9.53 Å². The Morgan fingerprint density at radius 2 is 2.42 bits per heavy atom. The van der Waals surface area contributed by atoms with E-state index in [4.69, 9.17) is 4.74 Å². The van der Waals surface area contributed by atoms with Crippen LogP contribution in [0.15, 0.2) is 12.7 Å². The highest BCUT2D eigenvalue weighted by Gasteiger charge is 2.30. The Morgan fingerprint density at radius 1 is 1.67 bits per heavy atom. The van der Waals surface area contributed by atoms with Crippen molar-refractivity contribution >= 4 is 17.7 Å². The van der Waals surface area contributed by atoms with Gasteiger partial charge in [0, 0.05) is 6.08 Å². The lowest BCUT2D eigenvalue weighted by molar-refractivity contribution is -0.144. The van der Waals surface area contributed by atoms with Crippen molar-refractivity contribution < 1.29 is 9.53 Å². The molecule has 0 radical (unpaired) electrons. The summed E-state index contributed by atoms with van der Waals surface area (Å²) in [7, 11) is 0. The molecule has 12 heavy (non-hydrogen) atoms. The zero-order valence-corrected chi connectivity index (χ0v) is 8.15. The first-order valence-electron chi connectivity index (χ1n) is 4.16. The van der Waals surface area contributed by atoms with Gasteiger partial charge in [-0.2, -0.15) is 0 Å². The number of hydrogen-bond acceptors (Lipinski definition) is 3. The van der Waals surface area contributed by atoms with Crippen LogP contribution >= 0.6 is 11.8 Å². The maximum absolute atomic E-state index is 10.9. The SMILES string of the molecule is C=CC(=O)OC1(C)CCCCS1. The van der Waals surface area contributed by atoms with Gasteiger partial charge in [-0.05, 0) is 31.9 Å². The summed E-state index contributed by atoms with van der Waals surface area (Å²) < 4.78 is 5.23. The van der Waals surface area contributed by atoms with Crippen molar-refractivity contribution in [2.75, 3.05) is 5.75 Å². The summed E-state index contributed by atoms with van der Waals surface area (Å²) in [6.07, 6.45) is 4.55. The van der Waals surface area contributed by atoms with Crippen LogP contribution in [0.1, 0.15) is 26.2 Å². The molecule has 0 saturated carbocycles. The second kappa shape index (κ2) is 3.99. The highest BCUT2D eigenvalue weighted by molar-refractivity contribution is 8.00. The van der Waals surface area contributed by atoms with Gasteiger partial charge >= 0.3 is 5.97 Å². The first-order chi connectivity index (χ1) is 5.66. The Labute approximate surface area is 77.4 Å². The number of thioether (sulfide) groups is 1. The highest BCUT2D eigenvalue weighted by atomic mass is 32.2. The van der Waals surface area contributed by atoms with Gasteiger partial charge in [0.25, 0.3) is 0 Å². The average Bonchev–Trinajstić information content (AvgIpc) is 2.05. The molecule has 1 aliphatic rings. The minimum Gasteiger partial charge on any atom is -0.445 e. The normalized spacial score (nSPS) is 29.4. The smallest absolute Gasteiger partial charge is 0.331 e. The third kappa shape index (κ3) is 2.55. The van der Waals surface area contributed by atoms with Gasteiger partial charge in [0.15, 0.2) is 4.93 Å². The Balaban J connectivity index is 2.46. The van der Waals surface area contributed by atoms with Crippen LogP contribution in [-0.4, -0.2) is 16.7 Å². The van der Waals surface area contributed by atoms with Crippen LogP contribution < -0.4 is 0 Å². The van der Waals surface area contributed by atoms with Crippen LogP contribution in [0.4, 0.5) is 0 Å². The molecule has 0 aliphatic carbocycles. The number of ether oxygens (including phenoxy) is 1. The fraction of sp³-hybridized carbons (Fsp3) is 0.667. The van der Waals surface area contributed by atoms with Crippen LogP contribution in [0.3, 0.4) is 0 Å². The van der Waals surface area contributed by atoms with Crippen LogP contribution in [0.2, 0.25) is 0 Å². The molecule has 2 nitrogen and oxygen atoms in total. The molecule has 1 atom stereocenters. The molecule has 0 bridgehead atoms. The molecule has 0 aromatic heterocycles. The lowest BCUT2D eigenvalue weighted by Gasteiger charge is -2.31. The van der Waals surface area contributed by atoms with E-state index in [1.165, 1.54) is 12.5 Å². The molecule has 1 aliphatic heterocycles. The molecule has 3 heteroatoms. The van der Waals surface area contributed by atoms with Crippen molar-refractivity contribution in [1.29, 1.82) is 0 Å². The van der Waals surface area contributed by atoms with Gasteiger partial charge in [-0.1, -0.05) is 6.58 Å². The Morgan fingerprint density at radius 3 is 2.92 bits per heavy atom. The second-order valence-electron chi connectivity index (χ2n) is 3.06. The molecule has 1 heterocycles. The topological polar surface area (TPSA) is 26.3 Å². The van der Waals surface area contributed by atoms with Crippen molar-refractivity contribution in [2.24, 2.45) is 0 Å². The van der Waals surface area contributed by atoms with E-state index >= 15 is 0 Å². The Bertz CT molecular complexity index is 183. The zero-order chi connectivity index (χ0) is 9.03. The molecule has 0 amide bonds. The highest BCUT2D eigenvalue weighted by Crippen LogP contribution is 2.36. The Kier molecular flexibility index (Phi) is 3.20. The summed E-state index contributed by atoms with van der Waals surface area (Å²) in [5.74, 6) is 0.771. The monoisotopic (exact) mass is 186 g/mol. The summed E-state index contributed by atoms with van der Waals surface area (Å²) in [5, 5.41) is 0. The molecule has 1 rings (SSSR count). The summed E-state index contributed by atoms with van der Waals surface area (Å²) in [4.78, 5) is 10.6. The Hall–Kier alpha value is -0.440. The molecule has 0 aromatic carbocycles. The number of carbonyl (C=O) groups excluding carboxylic acids is 1. The van der Waals surface area contributed by atoms with E-state index in [9.17, 15) is 4.79 Å². The summed E-state index contributed by atoms with van der Waals surface area (Å²) in [6.45, 7) is 5.34. The molecule has 1 saturated heterocycles. The van der Waals surface area contributed by atoms with Gasteiger partial charge in [-0.25, -0.2) is 4.79 Å². The van der Waals surface area contributed by atoms with E-state index in [-0.39, 0.29) is 10.9 Å². The molecule has 1 unspecified atom stereocenters. The third-order valence-electron chi connectivity index (χ3n) is 1.92. The minimum absolute atomic E-state index is 0.302. The number of carbonyl (C=O) groups is 1. The lowest BCUT2D eigenvalue weighted by atomic mass is 10.1. The van der Waals surface area contributed by atoms with Crippen molar-refractivity contribution in [3.05, 3.63) is 12.7 Å². The fourth-order valence-corrected chi connectivity index (χ4v) is 2.45. The maximum atomic E-state index is 10.9. The number of hydrogen-bond donors (Lipinski definition) is 0. The van der Waals surface area contributed by atoms with Crippen molar-refractivity contribution in [3.8, 4) is 0 Å². The minimum atomic E-state index is -0.313. The van der Waals surface area contributed by atoms with Gasteiger partial charge in [-0.3, -0.25) is 0 Å². The molecular weight excluding hydrogens is 172 g/mol. The van der Waals surface area contributed by atoms with E-state index in [2.05, 4.69) is 6.58 Å². The van der Waals surface area contributed by atoms with Gasteiger partial charge in [0.05, 0.1) is 0 Å². The van der Waals surface area contributed by atoms with Crippen LogP contribution in [0.5, 0.6) is 0 Å². The molecular formula is C9H14O2S.